The second-order valence-corrected chi connectivity index (χ2v) is 5.28. The first-order chi connectivity index (χ1) is 13.5. The van der Waals surface area contributed by atoms with E-state index >= 15 is 0 Å². The lowest BCUT2D eigenvalue weighted by atomic mass is 10.2. The number of amides is 1. The van der Waals surface area contributed by atoms with E-state index in [0.717, 1.165) is 6.08 Å². The number of aromatic nitrogens is 1. The molecular formula is C19H19N3O6. The topological polar surface area (TPSA) is 116 Å². The molecule has 1 heterocycles. The summed E-state index contributed by atoms with van der Waals surface area (Å²) in [5, 5.41) is 5.27. The van der Waals surface area contributed by atoms with Gasteiger partial charge in [0.15, 0.2) is 0 Å². The van der Waals surface area contributed by atoms with Crippen molar-refractivity contribution >= 4 is 23.5 Å². The summed E-state index contributed by atoms with van der Waals surface area (Å²) in [5.74, 6) is -0.800. The number of hydrogen-bond acceptors (Lipinski definition) is 8. The molecule has 0 saturated carbocycles. The number of carbonyl (C=O) groups is 3. The lowest BCUT2D eigenvalue weighted by Crippen LogP contribution is -2.18. The third-order valence-corrected chi connectivity index (χ3v) is 3.43. The maximum Gasteiger partial charge on any atom is 0.354 e. The number of ether oxygens (including phenoxy) is 3. The number of rotatable bonds is 7. The second-order valence-electron chi connectivity index (χ2n) is 5.28. The van der Waals surface area contributed by atoms with Crippen molar-refractivity contribution in [2.75, 3.05) is 26.6 Å². The summed E-state index contributed by atoms with van der Waals surface area (Å²) in [4.78, 5) is 38.7. The van der Waals surface area contributed by atoms with E-state index in [1.807, 2.05) is 0 Å². The number of hydrogen-bond donors (Lipinski definition) is 2. The molecule has 0 radical (unpaired) electrons. The van der Waals surface area contributed by atoms with Crippen molar-refractivity contribution in [2.45, 2.75) is 0 Å². The Morgan fingerprint density at radius 3 is 2.32 bits per heavy atom. The van der Waals surface area contributed by atoms with E-state index < -0.39 is 11.9 Å². The van der Waals surface area contributed by atoms with Gasteiger partial charge in [0.2, 0.25) is 0 Å². The monoisotopic (exact) mass is 385 g/mol. The molecule has 2 aromatic rings. The largest absolute Gasteiger partial charge is 0.466 e. The summed E-state index contributed by atoms with van der Waals surface area (Å²) in [5.41, 5.74) is 0.676. The fourth-order valence-corrected chi connectivity index (χ4v) is 2.06. The Kier molecular flexibility index (Phi) is 7.09. The van der Waals surface area contributed by atoms with Crippen molar-refractivity contribution in [3.63, 3.8) is 0 Å². The van der Waals surface area contributed by atoms with Gasteiger partial charge in [0.25, 0.3) is 5.91 Å². The van der Waals surface area contributed by atoms with E-state index in [1.165, 1.54) is 33.5 Å². The van der Waals surface area contributed by atoms with Crippen LogP contribution in [0, 0.1) is 0 Å². The molecule has 0 atom stereocenters. The van der Waals surface area contributed by atoms with Crippen LogP contribution in [-0.4, -0.2) is 44.1 Å². The van der Waals surface area contributed by atoms with E-state index in [1.54, 1.807) is 30.3 Å². The highest BCUT2D eigenvalue weighted by atomic mass is 16.5. The third kappa shape index (κ3) is 5.56. The lowest BCUT2D eigenvalue weighted by Gasteiger charge is -2.10. The smallest absolute Gasteiger partial charge is 0.354 e. The number of carbonyl (C=O) groups excluding carboxylic acids is 3. The van der Waals surface area contributed by atoms with Crippen molar-refractivity contribution in [1.29, 1.82) is 0 Å². The maximum absolute atomic E-state index is 11.8. The molecule has 0 bridgehead atoms. The highest BCUT2D eigenvalue weighted by molar-refractivity contribution is 5.98. The minimum atomic E-state index is -0.718. The molecule has 146 valence electrons. The van der Waals surface area contributed by atoms with Gasteiger partial charge in [0.05, 0.1) is 20.3 Å². The zero-order valence-corrected chi connectivity index (χ0v) is 15.5. The molecule has 0 spiro atoms. The molecule has 0 aliphatic carbocycles. The highest BCUT2D eigenvalue weighted by Crippen LogP contribution is 2.24. The van der Waals surface area contributed by atoms with Crippen LogP contribution >= 0.6 is 0 Å². The normalized spacial score (nSPS) is 10.6. The first kappa shape index (κ1) is 20.4. The summed E-state index contributed by atoms with van der Waals surface area (Å²) in [7, 11) is 3.92. The number of benzene rings is 1. The van der Waals surface area contributed by atoms with Gasteiger partial charge in [-0.05, 0) is 30.3 Å². The van der Waals surface area contributed by atoms with E-state index in [9.17, 15) is 14.4 Å². The number of esters is 2. The van der Waals surface area contributed by atoms with Gasteiger partial charge in [-0.3, -0.25) is 9.78 Å². The van der Waals surface area contributed by atoms with Gasteiger partial charge in [-0.15, -0.1) is 0 Å². The first-order valence-electron chi connectivity index (χ1n) is 8.08. The fraction of sp³-hybridized carbons (Fsp3) is 0.158. The highest BCUT2D eigenvalue weighted by Gasteiger charge is 2.13. The summed E-state index contributed by atoms with van der Waals surface area (Å²) >= 11 is 0. The Balaban J connectivity index is 2.12. The molecule has 9 heteroatoms. The van der Waals surface area contributed by atoms with Gasteiger partial charge in [-0.2, -0.15) is 0 Å². The predicted octanol–water partition coefficient (Wildman–Crippen LogP) is 1.88. The molecule has 0 unspecified atom stereocenters. The van der Waals surface area contributed by atoms with Crippen LogP contribution < -0.4 is 15.4 Å². The average Bonchev–Trinajstić information content (AvgIpc) is 2.73. The van der Waals surface area contributed by atoms with Gasteiger partial charge in [0, 0.05) is 25.0 Å². The molecule has 0 aliphatic heterocycles. The van der Waals surface area contributed by atoms with Gasteiger partial charge >= 0.3 is 11.9 Å². The summed E-state index contributed by atoms with van der Waals surface area (Å²) < 4.78 is 14.8. The molecule has 0 aliphatic rings. The van der Waals surface area contributed by atoms with Crippen LogP contribution in [0.15, 0.2) is 54.4 Å². The van der Waals surface area contributed by atoms with Crippen LogP contribution in [0.4, 0.5) is 5.69 Å². The van der Waals surface area contributed by atoms with Crippen molar-refractivity contribution < 1.29 is 28.6 Å². The van der Waals surface area contributed by atoms with Gasteiger partial charge in [0.1, 0.15) is 22.9 Å². The molecule has 0 saturated heterocycles. The van der Waals surface area contributed by atoms with Crippen LogP contribution in [0.1, 0.15) is 10.5 Å². The molecule has 9 nitrogen and oxygen atoms in total. The lowest BCUT2D eigenvalue weighted by molar-refractivity contribution is -0.138. The van der Waals surface area contributed by atoms with Gasteiger partial charge < -0.3 is 24.8 Å². The van der Waals surface area contributed by atoms with Crippen molar-refractivity contribution in [3.8, 4) is 11.5 Å². The number of nitrogens with zero attached hydrogens (tertiary/aromatic N) is 1. The zero-order chi connectivity index (χ0) is 20.5. The molecule has 2 rings (SSSR count). The summed E-state index contributed by atoms with van der Waals surface area (Å²) in [6.07, 6.45) is 2.46. The molecule has 1 aromatic carbocycles. The average molecular weight is 385 g/mol. The van der Waals surface area contributed by atoms with E-state index in [4.69, 9.17) is 4.74 Å². The molecule has 2 N–H and O–H groups in total. The van der Waals surface area contributed by atoms with Crippen LogP contribution in [-0.2, 0) is 19.1 Å². The molecular weight excluding hydrogens is 366 g/mol. The minimum Gasteiger partial charge on any atom is -0.466 e. The van der Waals surface area contributed by atoms with Crippen LogP contribution in [0.2, 0.25) is 0 Å². The van der Waals surface area contributed by atoms with E-state index in [-0.39, 0.29) is 17.3 Å². The van der Waals surface area contributed by atoms with Gasteiger partial charge in [-0.25, -0.2) is 9.59 Å². The third-order valence-electron chi connectivity index (χ3n) is 3.43. The van der Waals surface area contributed by atoms with Gasteiger partial charge in [-0.1, -0.05) is 0 Å². The summed E-state index contributed by atoms with van der Waals surface area (Å²) in [6.45, 7) is 0. The standard InChI is InChI=1S/C19H19N3O6/c1-20-18(24)15-10-14(8-9-21-15)28-13-6-4-12(5-7-13)22-16(19(25)27-3)11-17(23)26-2/h4-11,22H,1-3H3,(H,20,24)/b16-11+. The minimum absolute atomic E-state index is 0.0765. The van der Waals surface area contributed by atoms with E-state index in [2.05, 4.69) is 25.1 Å². The number of anilines is 1. The Morgan fingerprint density at radius 1 is 1.00 bits per heavy atom. The van der Waals surface area contributed by atoms with Crippen LogP contribution in [0.3, 0.4) is 0 Å². The summed E-state index contributed by atoms with van der Waals surface area (Å²) in [6, 6.07) is 9.71. The zero-order valence-electron chi connectivity index (χ0n) is 15.5. The number of pyridine rings is 1. The van der Waals surface area contributed by atoms with E-state index in [0.29, 0.717) is 17.2 Å². The molecule has 1 amide bonds. The Bertz CT molecular complexity index is 893. The van der Waals surface area contributed by atoms with Crippen LogP contribution in [0.25, 0.3) is 0 Å². The van der Waals surface area contributed by atoms with Crippen molar-refractivity contribution in [2.24, 2.45) is 0 Å². The molecule has 1 aromatic heterocycles. The quantitative estimate of drug-likeness (QED) is 0.548. The first-order valence-corrected chi connectivity index (χ1v) is 8.08. The Morgan fingerprint density at radius 2 is 1.71 bits per heavy atom. The number of nitrogens with one attached hydrogen (secondary N) is 2. The van der Waals surface area contributed by atoms with Crippen molar-refractivity contribution in [1.82, 2.24) is 10.3 Å². The maximum atomic E-state index is 11.8. The molecule has 28 heavy (non-hydrogen) atoms. The van der Waals surface area contributed by atoms with Crippen LogP contribution in [0.5, 0.6) is 11.5 Å². The fourth-order valence-electron chi connectivity index (χ4n) is 2.06. The number of methoxy groups -OCH3 is 2. The molecule has 0 fully saturated rings. The SMILES string of the molecule is CNC(=O)c1cc(Oc2ccc(N/C(=C/C(=O)OC)C(=O)OC)cc2)ccn1. The Hall–Kier alpha value is -3.88. The second kappa shape index (κ2) is 9.72. The Labute approximate surface area is 161 Å². The van der Waals surface area contributed by atoms with Crippen molar-refractivity contribution in [3.05, 3.63) is 60.1 Å². The predicted molar refractivity (Wildman–Crippen MR) is 99.9 cm³/mol.